The van der Waals surface area contributed by atoms with Gasteiger partial charge in [0.25, 0.3) is 11.5 Å². The van der Waals surface area contributed by atoms with Gasteiger partial charge in [-0.15, -0.1) is 11.3 Å². The number of benzene rings is 2. The largest absolute Gasteiger partial charge is 0.347 e. The molecule has 4 aromatic rings. The quantitative estimate of drug-likeness (QED) is 0.517. The van der Waals surface area contributed by atoms with Crippen LogP contribution in [0, 0.1) is 6.92 Å². The summed E-state index contributed by atoms with van der Waals surface area (Å²) in [4.78, 5) is 31.2. The molecule has 0 aliphatic heterocycles. The summed E-state index contributed by atoms with van der Waals surface area (Å²) in [5, 5.41) is 3.98. The Morgan fingerprint density at radius 2 is 1.86 bits per heavy atom. The summed E-state index contributed by atoms with van der Waals surface area (Å²) in [5.41, 5.74) is 2.37. The Morgan fingerprint density at radius 3 is 2.62 bits per heavy atom. The number of halogens is 1. The zero-order valence-corrected chi connectivity index (χ0v) is 17.3. The number of nitrogens with zero attached hydrogens (tertiary/aromatic N) is 2. The summed E-state index contributed by atoms with van der Waals surface area (Å²) in [6, 6.07) is 17.1. The molecular weight excluding hydrogens is 406 g/mol. The van der Waals surface area contributed by atoms with E-state index in [-0.39, 0.29) is 11.5 Å². The molecule has 0 radical (unpaired) electrons. The van der Waals surface area contributed by atoms with E-state index in [0.29, 0.717) is 38.8 Å². The van der Waals surface area contributed by atoms with Crippen LogP contribution in [0.3, 0.4) is 0 Å². The van der Waals surface area contributed by atoms with Gasteiger partial charge in [-0.3, -0.25) is 14.2 Å². The zero-order chi connectivity index (χ0) is 20.4. The van der Waals surface area contributed by atoms with Crippen molar-refractivity contribution in [2.75, 3.05) is 0 Å². The van der Waals surface area contributed by atoms with Gasteiger partial charge in [0.2, 0.25) is 0 Å². The highest BCUT2D eigenvalue weighted by atomic mass is 35.5. The second-order valence-electron chi connectivity index (χ2n) is 6.67. The molecule has 5 nitrogen and oxygen atoms in total. The van der Waals surface area contributed by atoms with Crippen LogP contribution >= 0.6 is 22.9 Å². The van der Waals surface area contributed by atoms with Crippen molar-refractivity contribution in [3.05, 3.63) is 97.9 Å². The number of aromatic nitrogens is 2. The maximum absolute atomic E-state index is 13.0. The summed E-state index contributed by atoms with van der Waals surface area (Å²) in [7, 11) is 0. The standard InChI is InChI=1S/C22H18ClN3O2S/c1-14-18-21(25-13-26(22(18)28)12-15-7-3-2-4-8-15)29-19(14)20(27)24-11-16-9-5-6-10-17(16)23/h2-10,13H,11-12H2,1H3,(H,24,27). The normalized spacial score (nSPS) is 11.0. The Labute approximate surface area is 176 Å². The van der Waals surface area contributed by atoms with Crippen molar-refractivity contribution in [2.45, 2.75) is 20.0 Å². The molecule has 4 rings (SSSR count). The van der Waals surface area contributed by atoms with Gasteiger partial charge in [-0.05, 0) is 29.7 Å². The van der Waals surface area contributed by atoms with Crippen LogP contribution in [0.15, 0.2) is 65.7 Å². The summed E-state index contributed by atoms with van der Waals surface area (Å²) >= 11 is 7.38. The first-order valence-electron chi connectivity index (χ1n) is 9.08. The second kappa shape index (κ2) is 8.19. The lowest BCUT2D eigenvalue weighted by Gasteiger charge is -2.06. The first-order valence-corrected chi connectivity index (χ1v) is 10.3. The van der Waals surface area contributed by atoms with E-state index in [1.807, 2.05) is 48.5 Å². The van der Waals surface area contributed by atoms with Gasteiger partial charge in [0.1, 0.15) is 4.83 Å². The lowest BCUT2D eigenvalue weighted by Crippen LogP contribution is -2.23. The molecule has 0 saturated heterocycles. The first-order chi connectivity index (χ1) is 14.0. The molecule has 7 heteroatoms. The fourth-order valence-corrected chi connectivity index (χ4v) is 4.42. The molecule has 1 N–H and O–H groups in total. The third-order valence-electron chi connectivity index (χ3n) is 4.72. The van der Waals surface area contributed by atoms with E-state index in [1.54, 1.807) is 23.9 Å². The monoisotopic (exact) mass is 423 g/mol. The van der Waals surface area contributed by atoms with E-state index in [4.69, 9.17) is 11.6 Å². The van der Waals surface area contributed by atoms with Crippen LogP contribution in [-0.4, -0.2) is 15.5 Å². The minimum absolute atomic E-state index is 0.141. The molecule has 2 aromatic heterocycles. The van der Waals surface area contributed by atoms with Gasteiger partial charge in [0, 0.05) is 11.6 Å². The number of rotatable bonds is 5. The summed E-state index contributed by atoms with van der Waals surface area (Å²) < 4.78 is 1.57. The van der Waals surface area contributed by atoms with Crippen LogP contribution in [0.25, 0.3) is 10.2 Å². The van der Waals surface area contributed by atoms with Crippen LogP contribution in [0.2, 0.25) is 5.02 Å². The SMILES string of the molecule is Cc1c(C(=O)NCc2ccccc2Cl)sc2ncn(Cc3ccccc3)c(=O)c12. The summed E-state index contributed by atoms with van der Waals surface area (Å²) in [5.74, 6) is -0.237. The minimum Gasteiger partial charge on any atom is -0.347 e. The van der Waals surface area contributed by atoms with Crippen LogP contribution < -0.4 is 10.9 Å². The van der Waals surface area contributed by atoms with Crippen molar-refractivity contribution >= 4 is 39.1 Å². The average molecular weight is 424 g/mol. The average Bonchev–Trinajstić information content (AvgIpc) is 3.07. The van der Waals surface area contributed by atoms with Gasteiger partial charge in [-0.2, -0.15) is 0 Å². The maximum atomic E-state index is 13.0. The Kier molecular flexibility index (Phi) is 5.47. The Morgan fingerprint density at radius 1 is 1.14 bits per heavy atom. The van der Waals surface area contributed by atoms with Crippen molar-refractivity contribution in [3.8, 4) is 0 Å². The topological polar surface area (TPSA) is 64.0 Å². The summed E-state index contributed by atoms with van der Waals surface area (Å²) in [6.07, 6.45) is 1.54. The third kappa shape index (κ3) is 3.95. The highest BCUT2D eigenvalue weighted by molar-refractivity contribution is 7.20. The fourth-order valence-electron chi connectivity index (χ4n) is 3.17. The summed E-state index contributed by atoms with van der Waals surface area (Å²) in [6.45, 7) is 2.54. The highest BCUT2D eigenvalue weighted by Crippen LogP contribution is 2.27. The lowest BCUT2D eigenvalue weighted by molar-refractivity contribution is 0.0954. The van der Waals surface area contributed by atoms with Crippen molar-refractivity contribution in [1.82, 2.24) is 14.9 Å². The van der Waals surface area contributed by atoms with Gasteiger partial charge >= 0.3 is 0 Å². The van der Waals surface area contributed by atoms with Gasteiger partial charge in [-0.1, -0.05) is 60.1 Å². The number of hydrogen-bond donors (Lipinski definition) is 1. The van der Waals surface area contributed by atoms with Crippen molar-refractivity contribution < 1.29 is 4.79 Å². The zero-order valence-electron chi connectivity index (χ0n) is 15.7. The Bertz CT molecular complexity index is 1250. The van der Waals surface area contributed by atoms with E-state index in [0.717, 1.165) is 11.1 Å². The van der Waals surface area contributed by atoms with E-state index < -0.39 is 0 Å². The molecule has 0 spiro atoms. The first kappa shape index (κ1) is 19.4. The third-order valence-corrected chi connectivity index (χ3v) is 6.28. The number of fused-ring (bicyclic) bond motifs is 1. The van der Waals surface area contributed by atoms with Crippen LogP contribution in [0.5, 0.6) is 0 Å². The smallest absolute Gasteiger partial charge is 0.262 e. The number of nitrogens with one attached hydrogen (secondary N) is 1. The number of carbonyl (C=O) groups excluding carboxylic acids is 1. The fraction of sp³-hybridized carbons (Fsp3) is 0.136. The van der Waals surface area contributed by atoms with E-state index in [2.05, 4.69) is 10.3 Å². The van der Waals surface area contributed by atoms with Crippen LogP contribution in [0.4, 0.5) is 0 Å². The van der Waals surface area contributed by atoms with E-state index in [1.165, 1.54) is 11.3 Å². The van der Waals surface area contributed by atoms with E-state index >= 15 is 0 Å². The molecule has 0 saturated carbocycles. The van der Waals surface area contributed by atoms with E-state index in [9.17, 15) is 9.59 Å². The Hall–Kier alpha value is -2.96. The molecular formula is C22H18ClN3O2S. The molecule has 0 fully saturated rings. The van der Waals surface area contributed by atoms with Gasteiger partial charge in [0.15, 0.2) is 0 Å². The minimum atomic E-state index is -0.237. The van der Waals surface area contributed by atoms with Crippen molar-refractivity contribution in [3.63, 3.8) is 0 Å². The number of carbonyl (C=O) groups is 1. The van der Waals surface area contributed by atoms with Gasteiger partial charge in [-0.25, -0.2) is 4.98 Å². The molecule has 0 atom stereocenters. The van der Waals surface area contributed by atoms with Gasteiger partial charge < -0.3 is 5.32 Å². The van der Waals surface area contributed by atoms with Crippen LogP contribution in [-0.2, 0) is 13.1 Å². The number of thiophene rings is 1. The molecule has 2 aromatic carbocycles. The number of hydrogen-bond acceptors (Lipinski definition) is 4. The van der Waals surface area contributed by atoms with Crippen LogP contribution in [0.1, 0.15) is 26.4 Å². The van der Waals surface area contributed by atoms with Crippen molar-refractivity contribution in [2.24, 2.45) is 0 Å². The molecule has 0 aliphatic carbocycles. The molecule has 146 valence electrons. The molecule has 0 aliphatic rings. The highest BCUT2D eigenvalue weighted by Gasteiger charge is 2.19. The Balaban J connectivity index is 1.62. The molecule has 29 heavy (non-hydrogen) atoms. The van der Waals surface area contributed by atoms with Crippen molar-refractivity contribution in [1.29, 1.82) is 0 Å². The molecule has 1 amide bonds. The predicted molar refractivity (Wildman–Crippen MR) is 117 cm³/mol. The second-order valence-corrected chi connectivity index (χ2v) is 8.08. The number of amides is 1. The molecule has 0 unspecified atom stereocenters. The van der Waals surface area contributed by atoms with Gasteiger partial charge in [0.05, 0.1) is 23.1 Å². The molecule has 0 bridgehead atoms. The molecule has 2 heterocycles. The lowest BCUT2D eigenvalue weighted by atomic mass is 10.2. The maximum Gasteiger partial charge on any atom is 0.262 e. The number of aryl methyl sites for hydroxylation is 1. The predicted octanol–water partition coefficient (Wildman–Crippen LogP) is 4.40.